The SMILES string of the molecule is C=C(O)c1ccc(Nc2ncc3c(n2)-c2ccc(Cl)cc2C(c2ccccc2)=NC3)cc1. The lowest BCUT2D eigenvalue weighted by Crippen LogP contribution is -2.05. The minimum Gasteiger partial charge on any atom is -0.508 e. The fourth-order valence-corrected chi connectivity index (χ4v) is 3.87. The van der Waals surface area contributed by atoms with Crippen molar-refractivity contribution in [1.29, 1.82) is 0 Å². The predicted octanol–water partition coefficient (Wildman–Crippen LogP) is 6.42. The lowest BCUT2D eigenvalue weighted by Gasteiger charge is -2.13. The van der Waals surface area contributed by atoms with Crippen LogP contribution in [-0.2, 0) is 6.54 Å². The van der Waals surface area contributed by atoms with Crippen LogP contribution in [-0.4, -0.2) is 20.8 Å². The van der Waals surface area contributed by atoms with Gasteiger partial charge >= 0.3 is 0 Å². The van der Waals surface area contributed by atoms with Gasteiger partial charge in [0.25, 0.3) is 0 Å². The Balaban J connectivity index is 1.56. The van der Waals surface area contributed by atoms with E-state index in [1.165, 1.54) is 0 Å². The smallest absolute Gasteiger partial charge is 0.227 e. The van der Waals surface area contributed by atoms with Gasteiger partial charge in [-0.1, -0.05) is 54.6 Å². The van der Waals surface area contributed by atoms with Crippen LogP contribution in [0.3, 0.4) is 0 Å². The number of aliphatic hydroxyl groups is 1. The van der Waals surface area contributed by atoms with E-state index in [2.05, 4.69) is 16.9 Å². The number of benzene rings is 3. The summed E-state index contributed by atoms with van der Waals surface area (Å²) in [5, 5.41) is 13.4. The Kier molecular flexibility index (Phi) is 5.17. The highest BCUT2D eigenvalue weighted by molar-refractivity contribution is 6.31. The topological polar surface area (TPSA) is 70.4 Å². The summed E-state index contributed by atoms with van der Waals surface area (Å²) < 4.78 is 0. The van der Waals surface area contributed by atoms with Crippen LogP contribution in [0.25, 0.3) is 17.0 Å². The van der Waals surface area contributed by atoms with Crippen molar-refractivity contribution in [3.05, 3.63) is 113 Å². The third-order valence-electron chi connectivity index (χ3n) is 5.29. The van der Waals surface area contributed by atoms with Crippen molar-refractivity contribution in [3.8, 4) is 11.3 Å². The van der Waals surface area contributed by atoms with E-state index in [4.69, 9.17) is 21.6 Å². The molecule has 5 rings (SSSR count). The van der Waals surface area contributed by atoms with Crippen molar-refractivity contribution in [2.45, 2.75) is 6.54 Å². The van der Waals surface area contributed by atoms with E-state index < -0.39 is 0 Å². The molecule has 6 heteroatoms. The summed E-state index contributed by atoms with van der Waals surface area (Å²) in [7, 11) is 0. The van der Waals surface area contributed by atoms with Gasteiger partial charge in [0.05, 0.1) is 18.0 Å². The molecular formula is C26H19ClN4O. The fraction of sp³-hybridized carbons (Fsp3) is 0.0385. The quantitative estimate of drug-likeness (QED) is 0.360. The zero-order chi connectivity index (χ0) is 22.1. The summed E-state index contributed by atoms with van der Waals surface area (Å²) in [6.45, 7) is 4.01. The maximum absolute atomic E-state index is 9.52. The van der Waals surface area contributed by atoms with Crippen molar-refractivity contribution in [2.24, 2.45) is 4.99 Å². The molecule has 0 aliphatic carbocycles. The number of hydrogen-bond donors (Lipinski definition) is 2. The maximum Gasteiger partial charge on any atom is 0.227 e. The standard InChI is InChI=1S/C26H19ClN4O/c1-16(32)17-7-10-21(11-8-17)30-26-29-15-19-14-28-24(18-5-3-2-4-6-18)23-13-20(27)9-12-22(23)25(19)31-26/h2-13,15,32H,1,14H2,(H,29,30,31). The minimum atomic E-state index is 0.0299. The summed E-state index contributed by atoms with van der Waals surface area (Å²) in [6, 6.07) is 23.1. The Hall–Kier alpha value is -3.96. The largest absolute Gasteiger partial charge is 0.508 e. The van der Waals surface area contributed by atoms with E-state index in [1.54, 1.807) is 12.1 Å². The number of aliphatic imine (C=N–C) groups is 1. The van der Waals surface area contributed by atoms with Crippen LogP contribution in [0.15, 0.2) is 90.6 Å². The molecule has 0 radical (unpaired) electrons. The van der Waals surface area contributed by atoms with Gasteiger partial charge < -0.3 is 10.4 Å². The molecule has 3 aromatic carbocycles. The molecule has 1 aliphatic heterocycles. The van der Waals surface area contributed by atoms with Gasteiger partial charge in [-0.25, -0.2) is 9.97 Å². The Morgan fingerprint density at radius 1 is 0.969 bits per heavy atom. The number of halogens is 1. The van der Waals surface area contributed by atoms with Crippen LogP contribution in [0, 0.1) is 0 Å². The fourth-order valence-electron chi connectivity index (χ4n) is 3.70. The van der Waals surface area contributed by atoms with E-state index >= 15 is 0 Å². The molecule has 32 heavy (non-hydrogen) atoms. The van der Waals surface area contributed by atoms with Gasteiger partial charge in [0.15, 0.2) is 0 Å². The summed E-state index contributed by atoms with van der Waals surface area (Å²) in [4.78, 5) is 14.2. The van der Waals surface area contributed by atoms with Crippen molar-refractivity contribution >= 4 is 34.7 Å². The van der Waals surface area contributed by atoms with E-state index in [9.17, 15) is 5.11 Å². The first-order chi connectivity index (χ1) is 15.6. The highest BCUT2D eigenvalue weighted by Gasteiger charge is 2.21. The highest BCUT2D eigenvalue weighted by Crippen LogP contribution is 2.33. The number of hydrogen-bond acceptors (Lipinski definition) is 5. The second-order valence-corrected chi connectivity index (χ2v) is 7.87. The van der Waals surface area contributed by atoms with Crippen molar-refractivity contribution in [1.82, 2.24) is 9.97 Å². The summed E-state index contributed by atoms with van der Waals surface area (Å²) in [6.07, 6.45) is 1.81. The number of aromatic nitrogens is 2. The molecule has 4 aromatic rings. The Morgan fingerprint density at radius 2 is 1.75 bits per heavy atom. The Labute approximate surface area is 190 Å². The Bertz CT molecular complexity index is 1350. The van der Waals surface area contributed by atoms with Gasteiger partial charge in [-0.3, -0.25) is 4.99 Å². The normalized spacial score (nSPS) is 12.2. The lowest BCUT2D eigenvalue weighted by atomic mass is 9.95. The average molecular weight is 439 g/mol. The van der Waals surface area contributed by atoms with Crippen molar-refractivity contribution < 1.29 is 5.11 Å². The molecule has 0 spiro atoms. The molecule has 5 nitrogen and oxygen atoms in total. The molecule has 0 bridgehead atoms. The molecule has 2 heterocycles. The zero-order valence-electron chi connectivity index (χ0n) is 17.1. The van der Waals surface area contributed by atoms with Gasteiger partial charge in [-0.05, 0) is 36.4 Å². The molecule has 0 amide bonds. The number of aliphatic hydroxyl groups excluding tert-OH is 1. The van der Waals surface area contributed by atoms with Gasteiger partial charge in [-0.2, -0.15) is 0 Å². The molecule has 0 fully saturated rings. The molecular weight excluding hydrogens is 420 g/mol. The molecule has 1 aromatic heterocycles. The van der Waals surface area contributed by atoms with Gasteiger partial charge in [0.2, 0.25) is 5.95 Å². The first kappa shape index (κ1) is 20.0. The van der Waals surface area contributed by atoms with Crippen LogP contribution < -0.4 is 5.32 Å². The van der Waals surface area contributed by atoms with Crippen LogP contribution in [0.4, 0.5) is 11.6 Å². The van der Waals surface area contributed by atoms with Crippen LogP contribution in [0.5, 0.6) is 0 Å². The number of nitrogens with one attached hydrogen (secondary N) is 1. The number of anilines is 2. The molecule has 1 aliphatic rings. The second kappa shape index (κ2) is 8.29. The van der Waals surface area contributed by atoms with Crippen LogP contribution in [0.2, 0.25) is 5.02 Å². The molecule has 0 saturated carbocycles. The maximum atomic E-state index is 9.52. The van der Waals surface area contributed by atoms with Crippen molar-refractivity contribution in [2.75, 3.05) is 5.32 Å². The zero-order valence-corrected chi connectivity index (χ0v) is 17.8. The van der Waals surface area contributed by atoms with E-state index in [1.807, 2.05) is 66.9 Å². The molecule has 0 unspecified atom stereocenters. The van der Waals surface area contributed by atoms with Gasteiger partial charge in [0, 0.05) is 44.7 Å². The average Bonchev–Trinajstić information content (AvgIpc) is 2.96. The monoisotopic (exact) mass is 438 g/mol. The second-order valence-electron chi connectivity index (χ2n) is 7.44. The summed E-state index contributed by atoms with van der Waals surface area (Å²) in [5.74, 6) is 0.505. The first-order valence-electron chi connectivity index (χ1n) is 10.1. The number of rotatable bonds is 4. The van der Waals surface area contributed by atoms with Crippen LogP contribution in [0.1, 0.15) is 22.3 Å². The molecule has 156 valence electrons. The molecule has 0 saturated heterocycles. The van der Waals surface area contributed by atoms with Gasteiger partial charge in [0.1, 0.15) is 5.76 Å². The van der Waals surface area contributed by atoms with Crippen molar-refractivity contribution in [3.63, 3.8) is 0 Å². The predicted molar refractivity (Wildman–Crippen MR) is 130 cm³/mol. The number of fused-ring (bicyclic) bond motifs is 3. The van der Waals surface area contributed by atoms with Gasteiger partial charge in [-0.15, -0.1) is 0 Å². The first-order valence-corrected chi connectivity index (χ1v) is 10.5. The summed E-state index contributed by atoms with van der Waals surface area (Å²) in [5.41, 5.74) is 7.05. The highest BCUT2D eigenvalue weighted by atomic mass is 35.5. The number of nitrogens with zero attached hydrogens (tertiary/aromatic N) is 3. The third-order valence-corrected chi connectivity index (χ3v) is 5.52. The van der Waals surface area contributed by atoms with E-state index in [0.29, 0.717) is 23.1 Å². The van der Waals surface area contributed by atoms with Crippen LogP contribution >= 0.6 is 11.6 Å². The van der Waals surface area contributed by atoms with E-state index in [-0.39, 0.29) is 5.76 Å². The van der Waals surface area contributed by atoms with E-state index in [0.717, 1.165) is 39.3 Å². The molecule has 0 atom stereocenters. The lowest BCUT2D eigenvalue weighted by molar-refractivity contribution is 0.514. The Morgan fingerprint density at radius 3 is 2.50 bits per heavy atom. The molecule has 2 N–H and O–H groups in total. The minimum absolute atomic E-state index is 0.0299. The third kappa shape index (κ3) is 3.86. The summed E-state index contributed by atoms with van der Waals surface area (Å²) >= 11 is 6.36.